The summed E-state index contributed by atoms with van der Waals surface area (Å²) in [5, 5.41) is 9.71. The molecule has 0 aliphatic carbocycles. The van der Waals surface area contributed by atoms with Gasteiger partial charge >= 0.3 is 0 Å². The molecule has 22 heavy (non-hydrogen) atoms. The molecule has 0 radical (unpaired) electrons. The molecule has 1 heterocycles. The fourth-order valence-corrected chi connectivity index (χ4v) is 3.13. The molecule has 1 aromatic carbocycles. The van der Waals surface area contributed by atoms with Crippen LogP contribution in [0.1, 0.15) is 24.8 Å². The number of carbonyl (C=O) groups is 1. The monoisotopic (exact) mass is 306 g/mol. The highest BCUT2D eigenvalue weighted by Gasteiger charge is 2.28. The number of nitrogens with zero attached hydrogens (tertiary/aromatic N) is 1. The first-order valence-corrected chi connectivity index (χ1v) is 7.93. The predicted molar refractivity (Wildman–Crippen MR) is 85.7 cm³/mol. The van der Waals surface area contributed by atoms with E-state index in [9.17, 15) is 9.90 Å². The van der Waals surface area contributed by atoms with E-state index >= 15 is 0 Å². The molecule has 1 unspecified atom stereocenters. The summed E-state index contributed by atoms with van der Waals surface area (Å²) in [5.74, 6) is 0.364. The Morgan fingerprint density at radius 3 is 2.73 bits per heavy atom. The van der Waals surface area contributed by atoms with Crippen molar-refractivity contribution in [3.05, 3.63) is 29.8 Å². The van der Waals surface area contributed by atoms with Crippen LogP contribution in [0.4, 0.5) is 0 Å². The summed E-state index contributed by atoms with van der Waals surface area (Å²) < 4.78 is 5.37. The van der Waals surface area contributed by atoms with E-state index in [4.69, 9.17) is 10.5 Å². The summed E-state index contributed by atoms with van der Waals surface area (Å²) in [5.41, 5.74) is 6.40. The molecule has 1 aliphatic heterocycles. The maximum Gasteiger partial charge on any atom is 0.246 e. The minimum Gasteiger partial charge on any atom is -0.496 e. The van der Waals surface area contributed by atoms with Crippen LogP contribution < -0.4 is 10.5 Å². The van der Waals surface area contributed by atoms with Gasteiger partial charge in [-0.05, 0) is 62.9 Å². The summed E-state index contributed by atoms with van der Waals surface area (Å²) in [7, 11) is 1.70. The van der Waals surface area contributed by atoms with Crippen LogP contribution in [0.3, 0.4) is 0 Å². The number of hydrogen-bond donors (Lipinski definition) is 2. The average molecular weight is 306 g/mol. The van der Waals surface area contributed by atoms with Gasteiger partial charge in [0, 0.05) is 0 Å². The van der Waals surface area contributed by atoms with Crippen molar-refractivity contribution in [3.63, 3.8) is 0 Å². The van der Waals surface area contributed by atoms with Crippen LogP contribution in [0.15, 0.2) is 24.3 Å². The van der Waals surface area contributed by atoms with E-state index in [2.05, 4.69) is 11.0 Å². The highest BCUT2D eigenvalue weighted by Crippen LogP contribution is 2.22. The van der Waals surface area contributed by atoms with Crippen LogP contribution in [0.25, 0.3) is 0 Å². The van der Waals surface area contributed by atoms with Gasteiger partial charge < -0.3 is 20.5 Å². The van der Waals surface area contributed by atoms with E-state index in [1.54, 1.807) is 7.11 Å². The maximum atomic E-state index is 11.0. The Hall–Kier alpha value is -1.59. The van der Waals surface area contributed by atoms with Gasteiger partial charge in [-0.2, -0.15) is 0 Å². The summed E-state index contributed by atoms with van der Waals surface area (Å²) in [4.78, 5) is 13.4. The number of primary amides is 1. The number of aliphatic hydroxyl groups excluding tert-OH is 1. The van der Waals surface area contributed by atoms with Crippen LogP contribution in [-0.4, -0.2) is 48.8 Å². The molecule has 0 bridgehead atoms. The Labute approximate surface area is 132 Å². The topological polar surface area (TPSA) is 75.8 Å². The number of methoxy groups -OCH3 is 1. The van der Waals surface area contributed by atoms with Crippen molar-refractivity contribution in [1.82, 2.24) is 4.90 Å². The molecule has 1 fully saturated rings. The molecule has 122 valence electrons. The quantitative estimate of drug-likeness (QED) is 0.793. The molecule has 2 rings (SSSR count). The number of para-hydroxylation sites is 1. The Balaban J connectivity index is 1.72. The first-order valence-electron chi connectivity index (χ1n) is 7.93. The minimum atomic E-state index is -0.990. The van der Waals surface area contributed by atoms with Crippen LogP contribution in [0.5, 0.6) is 5.75 Å². The second kappa shape index (κ2) is 8.15. The van der Waals surface area contributed by atoms with Crippen molar-refractivity contribution in [1.29, 1.82) is 0 Å². The first kappa shape index (κ1) is 16.8. The van der Waals surface area contributed by atoms with Gasteiger partial charge in [0.15, 0.2) is 0 Å². The molecule has 1 atom stereocenters. The van der Waals surface area contributed by atoms with Gasteiger partial charge in [0.05, 0.1) is 7.11 Å². The molecule has 1 aromatic rings. The van der Waals surface area contributed by atoms with Crippen molar-refractivity contribution in [3.8, 4) is 5.75 Å². The molecule has 5 nitrogen and oxygen atoms in total. The van der Waals surface area contributed by atoms with Crippen molar-refractivity contribution in [2.75, 3.05) is 26.7 Å². The standard InChI is InChI=1S/C17H26N2O3/c1-22-15-7-3-2-5-13(15)6-4-10-19-11-8-14(9-12-19)16(20)17(18)21/h2-3,5,7,14,16,20H,4,6,8-12H2,1H3,(H2,18,21). The van der Waals surface area contributed by atoms with Gasteiger partial charge in [-0.1, -0.05) is 18.2 Å². The smallest absolute Gasteiger partial charge is 0.246 e. The van der Waals surface area contributed by atoms with Crippen molar-refractivity contribution >= 4 is 5.91 Å². The van der Waals surface area contributed by atoms with Gasteiger partial charge in [0.25, 0.3) is 0 Å². The molecule has 0 spiro atoms. The molecule has 0 aromatic heterocycles. The van der Waals surface area contributed by atoms with E-state index in [0.717, 1.165) is 51.1 Å². The summed E-state index contributed by atoms with van der Waals surface area (Å²) in [6.07, 6.45) is 2.74. The molecule has 3 N–H and O–H groups in total. The van der Waals surface area contributed by atoms with Crippen LogP contribution in [-0.2, 0) is 11.2 Å². The van der Waals surface area contributed by atoms with Crippen LogP contribution in [0.2, 0.25) is 0 Å². The van der Waals surface area contributed by atoms with E-state index in [-0.39, 0.29) is 5.92 Å². The fourth-order valence-electron chi connectivity index (χ4n) is 3.13. The third-order valence-electron chi connectivity index (χ3n) is 4.48. The van der Waals surface area contributed by atoms with Crippen LogP contribution >= 0.6 is 0 Å². The van der Waals surface area contributed by atoms with E-state index < -0.39 is 12.0 Å². The largest absolute Gasteiger partial charge is 0.496 e. The number of benzene rings is 1. The van der Waals surface area contributed by atoms with Gasteiger partial charge in [0.2, 0.25) is 5.91 Å². The third kappa shape index (κ3) is 4.45. The first-order chi connectivity index (χ1) is 10.6. The van der Waals surface area contributed by atoms with Crippen LogP contribution in [0, 0.1) is 5.92 Å². The SMILES string of the molecule is COc1ccccc1CCCN1CCC(C(O)C(N)=O)CC1. The molecular weight excluding hydrogens is 280 g/mol. The number of piperidine rings is 1. The fraction of sp³-hybridized carbons (Fsp3) is 0.588. The van der Waals surface area contributed by atoms with E-state index in [1.165, 1.54) is 5.56 Å². The summed E-state index contributed by atoms with van der Waals surface area (Å²) >= 11 is 0. The summed E-state index contributed by atoms with van der Waals surface area (Å²) in [6, 6.07) is 8.12. The number of hydrogen-bond acceptors (Lipinski definition) is 4. The lowest BCUT2D eigenvalue weighted by Gasteiger charge is -2.33. The van der Waals surface area contributed by atoms with Gasteiger partial charge in [-0.25, -0.2) is 0 Å². The zero-order valence-electron chi connectivity index (χ0n) is 13.2. The normalized spacial score (nSPS) is 18.1. The number of aryl methyl sites for hydroxylation is 1. The zero-order chi connectivity index (χ0) is 15.9. The van der Waals surface area contributed by atoms with E-state index in [0.29, 0.717) is 0 Å². The number of likely N-dealkylation sites (tertiary alicyclic amines) is 1. The molecule has 5 heteroatoms. The zero-order valence-corrected chi connectivity index (χ0v) is 13.2. The molecule has 1 saturated heterocycles. The Morgan fingerprint density at radius 1 is 1.41 bits per heavy atom. The average Bonchev–Trinajstić information content (AvgIpc) is 2.55. The second-order valence-electron chi connectivity index (χ2n) is 5.94. The maximum absolute atomic E-state index is 11.0. The molecule has 1 amide bonds. The number of carbonyl (C=O) groups excluding carboxylic acids is 1. The summed E-state index contributed by atoms with van der Waals surface area (Å²) in [6.45, 7) is 2.86. The Bertz CT molecular complexity index is 485. The molecule has 1 aliphatic rings. The number of aliphatic hydroxyl groups is 1. The lowest BCUT2D eigenvalue weighted by atomic mass is 9.91. The van der Waals surface area contributed by atoms with Gasteiger partial charge in [-0.3, -0.25) is 4.79 Å². The second-order valence-corrected chi connectivity index (χ2v) is 5.94. The predicted octanol–water partition coefficient (Wildman–Crippen LogP) is 1.19. The highest BCUT2D eigenvalue weighted by molar-refractivity contribution is 5.78. The number of nitrogens with two attached hydrogens (primary N) is 1. The Morgan fingerprint density at radius 2 is 2.09 bits per heavy atom. The number of ether oxygens (including phenoxy) is 1. The Kier molecular flexibility index (Phi) is 6.21. The lowest BCUT2D eigenvalue weighted by Crippen LogP contribution is -2.43. The molecule has 0 saturated carbocycles. The van der Waals surface area contributed by atoms with Crippen molar-refractivity contribution < 1.29 is 14.6 Å². The third-order valence-corrected chi connectivity index (χ3v) is 4.48. The highest BCUT2D eigenvalue weighted by atomic mass is 16.5. The van der Waals surface area contributed by atoms with Crippen molar-refractivity contribution in [2.45, 2.75) is 31.8 Å². The molecular formula is C17H26N2O3. The number of rotatable bonds is 7. The lowest BCUT2D eigenvalue weighted by molar-refractivity contribution is -0.129. The minimum absolute atomic E-state index is 0.0166. The van der Waals surface area contributed by atoms with Crippen molar-refractivity contribution in [2.24, 2.45) is 11.7 Å². The number of amides is 1. The van der Waals surface area contributed by atoms with E-state index in [1.807, 2.05) is 18.2 Å². The van der Waals surface area contributed by atoms with Gasteiger partial charge in [0.1, 0.15) is 11.9 Å². The van der Waals surface area contributed by atoms with Gasteiger partial charge in [-0.15, -0.1) is 0 Å².